The van der Waals surface area contributed by atoms with Crippen molar-refractivity contribution >= 4 is 5.97 Å². The van der Waals surface area contributed by atoms with E-state index in [2.05, 4.69) is 30.4 Å². The second-order valence-corrected chi connectivity index (χ2v) is 4.18. The molecule has 0 amide bonds. The number of esters is 1. The summed E-state index contributed by atoms with van der Waals surface area (Å²) in [7, 11) is 1.43. The maximum Gasteiger partial charge on any atom is 0.307 e. The summed E-state index contributed by atoms with van der Waals surface area (Å²) < 4.78 is 4.73. The van der Waals surface area contributed by atoms with Gasteiger partial charge in [-0.2, -0.15) is 0 Å². The van der Waals surface area contributed by atoms with Gasteiger partial charge in [0.05, 0.1) is 13.5 Å². The Morgan fingerprint density at radius 2 is 2.38 bits per heavy atom. The van der Waals surface area contributed by atoms with Crippen LogP contribution in [-0.4, -0.2) is 19.6 Å². The summed E-state index contributed by atoms with van der Waals surface area (Å²) in [6.45, 7) is 3.02. The molecule has 0 bridgehead atoms. The van der Waals surface area contributed by atoms with Crippen LogP contribution in [0.1, 0.15) is 29.2 Å². The van der Waals surface area contributed by atoms with Gasteiger partial charge in [-0.15, -0.1) is 0 Å². The van der Waals surface area contributed by atoms with E-state index in [9.17, 15) is 4.79 Å². The number of rotatable bonds is 2. The number of hydrogen-bond acceptors (Lipinski definition) is 3. The van der Waals surface area contributed by atoms with E-state index >= 15 is 0 Å². The van der Waals surface area contributed by atoms with Gasteiger partial charge in [-0.3, -0.25) is 4.79 Å². The average molecular weight is 219 g/mol. The van der Waals surface area contributed by atoms with Gasteiger partial charge in [0.1, 0.15) is 0 Å². The predicted octanol–water partition coefficient (Wildman–Crippen LogP) is 1.74. The zero-order valence-corrected chi connectivity index (χ0v) is 9.75. The smallest absolute Gasteiger partial charge is 0.307 e. The van der Waals surface area contributed by atoms with Crippen LogP contribution in [0, 0.1) is 6.92 Å². The molecule has 1 aromatic carbocycles. The quantitative estimate of drug-likeness (QED) is 0.770. The molecule has 1 atom stereocenters. The number of ether oxygens (including phenoxy) is 1. The van der Waals surface area contributed by atoms with Gasteiger partial charge in [0.15, 0.2) is 0 Å². The SMILES string of the molecule is COC(=O)CC1NCCc2cccc(C)c21. The van der Waals surface area contributed by atoms with E-state index < -0.39 is 0 Å². The first kappa shape index (κ1) is 11.1. The number of aryl methyl sites for hydroxylation is 1. The van der Waals surface area contributed by atoms with Crippen LogP contribution in [0.5, 0.6) is 0 Å². The van der Waals surface area contributed by atoms with E-state index in [0.29, 0.717) is 6.42 Å². The monoisotopic (exact) mass is 219 g/mol. The fraction of sp³-hybridized carbons (Fsp3) is 0.462. The predicted molar refractivity (Wildman–Crippen MR) is 62.3 cm³/mol. The molecule has 0 fully saturated rings. The molecule has 0 radical (unpaired) electrons. The van der Waals surface area contributed by atoms with Crippen LogP contribution in [0.15, 0.2) is 18.2 Å². The first-order valence-corrected chi connectivity index (χ1v) is 5.61. The minimum absolute atomic E-state index is 0.109. The van der Waals surface area contributed by atoms with Crippen molar-refractivity contribution < 1.29 is 9.53 Å². The summed E-state index contributed by atoms with van der Waals surface area (Å²) in [6.07, 6.45) is 1.45. The number of hydrogen-bond donors (Lipinski definition) is 1. The third-order valence-electron chi connectivity index (χ3n) is 3.15. The van der Waals surface area contributed by atoms with Crippen molar-refractivity contribution in [3.05, 3.63) is 34.9 Å². The van der Waals surface area contributed by atoms with E-state index in [-0.39, 0.29) is 12.0 Å². The molecule has 86 valence electrons. The van der Waals surface area contributed by atoms with Gasteiger partial charge in [0, 0.05) is 6.04 Å². The minimum Gasteiger partial charge on any atom is -0.469 e. The molecule has 3 heteroatoms. The standard InChI is InChI=1S/C13H17NO2/c1-9-4-3-5-10-6-7-14-11(13(9)10)8-12(15)16-2/h3-5,11,14H,6-8H2,1-2H3. The highest BCUT2D eigenvalue weighted by molar-refractivity contribution is 5.70. The van der Waals surface area contributed by atoms with Crippen LogP contribution in [0.25, 0.3) is 0 Å². The third kappa shape index (κ3) is 2.09. The topological polar surface area (TPSA) is 38.3 Å². The Kier molecular flexibility index (Phi) is 3.25. The summed E-state index contributed by atoms with van der Waals surface area (Å²) in [5, 5.41) is 3.38. The molecule has 1 unspecified atom stereocenters. The first-order chi connectivity index (χ1) is 7.72. The van der Waals surface area contributed by atoms with Gasteiger partial charge in [-0.1, -0.05) is 18.2 Å². The Bertz CT molecular complexity index is 401. The fourth-order valence-electron chi connectivity index (χ4n) is 2.37. The number of benzene rings is 1. The maximum atomic E-state index is 11.3. The highest BCUT2D eigenvalue weighted by Crippen LogP contribution is 2.28. The van der Waals surface area contributed by atoms with Crippen molar-refractivity contribution in [2.24, 2.45) is 0 Å². The van der Waals surface area contributed by atoms with Crippen molar-refractivity contribution in [3.8, 4) is 0 Å². The Morgan fingerprint density at radius 1 is 1.56 bits per heavy atom. The highest BCUT2D eigenvalue weighted by Gasteiger charge is 2.23. The summed E-state index contributed by atoms with van der Waals surface area (Å²) >= 11 is 0. The lowest BCUT2D eigenvalue weighted by atomic mass is 9.89. The van der Waals surface area contributed by atoms with Gasteiger partial charge in [-0.25, -0.2) is 0 Å². The lowest BCUT2D eigenvalue weighted by molar-refractivity contribution is -0.141. The molecule has 1 aliphatic rings. The molecule has 0 saturated carbocycles. The average Bonchev–Trinajstić information content (AvgIpc) is 2.29. The zero-order valence-electron chi connectivity index (χ0n) is 9.75. The molecular formula is C13H17NO2. The Labute approximate surface area is 95.8 Å². The van der Waals surface area contributed by atoms with Crippen molar-refractivity contribution in [3.63, 3.8) is 0 Å². The molecule has 0 aliphatic carbocycles. The van der Waals surface area contributed by atoms with Crippen molar-refractivity contribution in [2.75, 3.05) is 13.7 Å². The molecule has 2 rings (SSSR count). The minimum atomic E-state index is -0.159. The van der Waals surface area contributed by atoms with Crippen LogP contribution in [0.4, 0.5) is 0 Å². The molecule has 3 nitrogen and oxygen atoms in total. The molecule has 16 heavy (non-hydrogen) atoms. The van der Waals surface area contributed by atoms with Crippen LogP contribution >= 0.6 is 0 Å². The molecule has 1 aromatic rings. The second-order valence-electron chi connectivity index (χ2n) is 4.18. The number of carbonyl (C=O) groups excluding carboxylic acids is 1. The van der Waals surface area contributed by atoms with Crippen LogP contribution in [-0.2, 0) is 16.0 Å². The van der Waals surface area contributed by atoms with Gasteiger partial charge >= 0.3 is 5.97 Å². The molecule has 0 spiro atoms. The van der Waals surface area contributed by atoms with Gasteiger partial charge in [0.2, 0.25) is 0 Å². The zero-order chi connectivity index (χ0) is 11.5. The molecular weight excluding hydrogens is 202 g/mol. The first-order valence-electron chi connectivity index (χ1n) is 5.61. The molecule has 0 saturated heterocycles. The number of carbonyl (C=O) groups is 1. The Morgan fingerprint density at radius 3 is 3.12 bits per heavy atom. The van der Waals surface area contributed by atoms with Gasteiger partial charge in [-0.05, 0) is 36.6 Å². The summed E-state index contributed by atoms with van der Waals surface area (Å²) in [5.41, 5.74) is 3.88. The molecule has 1 N–H and O–H groups in total. The third-order valence-corrected chi connectivity index (χ3v) is 3.15. The van der Waals surface area contributed by atoms with Crippen LogP contribution in [0.2, 0.25) is 0 Å². The number of methoxy groups -OCH3 is 1. The Balaban J connectivity index is 2.28. The highest BCUT2D eigenvalue weighted by atomic mass is 16.5. The summed E-state index contributed by atoms with van der Waals surface area (Å²) in [6, 6.07) is 6.43. The van der Waals surface area contributed by atoms with Crippen molar-refractivity contribution in [1.29, 1.82) is 0 Å². The molecule has 0 aromatic heterocycles. The summed E-state index contributed by atoms with van der Waals surface area (Å²) in [4.78, 5) is 11.3. The van der Waals surface area contributed by atoms with Crippen molar-refractivity contribution in [1.82, 2.24) is 5.32 Å². The lowest BCUT2D eigenvalue weighted by Crippen LogP contribution is -2.32. The van der Waals surface area contributed by atoms with Crippen LogP contribution in [0.3, 0.4) is 0 Å². The van der Waals surface area contributed by atoms with E-state index in [1.165, 1.54) is 23.8 Å². The van der Waals surface area contributed by atoms with E-state index in [1.54, 1.807) is 0 Å². The number of fused-ring (bicyclic) bond motifs is 1. The maximum absolute atomic E-state index is 11.3. The number of nitrogens with one attached hydrogen (secondary N) is 1. The van der Waals surface area contributed by atoms with E-state index in [1.807, 2.05) is 0 Å². The summed E-state index contributed by atoms with van der Waals surface area (Å²) in [5.74, 6) is -0.159. The fourth-order valence-corrected chi connectivity index (χ4v) is 2.37. The van der Waals surface area contributed by atoms with Crippen molar-refractivity contribution in [2.45, 2.75) is 25.8 Å². The second kappa shape index (κ2) is 4.66. The largest absolute Gasteiger partial charge is 0.469 e. The molecule has 1 aliphatic heterocycles. The van der Waals surface area contributed by atoms with E-state index in [0.717, 1.165) is 13.0 Å². The van der Waals surface area contributed by atoms with Gasteiger partial charge in [0.25, 0.3) is 0 Å². The normalized spacial score (nSPS) is 19.0. The lowest BCUT2D eigenvalue weighted by Gasteiger charge is -2.27. The van der Waals surface area contributed by atoms with Crippen LogP contribution < -0.4 is 5.32 Å². The molecule has 1 heterocycles. The van der Waals surface area contributed by atoms with Gasteiger partial charge < -0.3 is 10.1 Å². The Hall–Kier alpha value is -1.35. The van der Waals surface area contributed by atoms with E-state index in [4.69, 9.17) is 4.74 Å².